The molecule has 9 nitrogen and oxygen atoms in total. The number of anilines is 3. The van der Waals surface area contributed by atoms with Gasteiger partial charge in [-0.2, -0.15) is 13.5 Å². The van der Waals surface area contributed by atoms with Crippen molar-refractivity contribution in [2.24, 2.45) is 5.73 Å². The Morgan fingerprint density at radius 2 is 2.07 bits per heavy atom. The molecule has 2 bridgehead atoms. The summed E-state index contributed by atoms with van der Waals surface area (Å²) in [4.78, 5) is 27.6. The summed E-state index contributed by atoms with van der Waals surface area (Å²) in [6, 6.07) is 9.24. The molecule has 5 N–H and O–H groups in total. The molecule has 4 rings (SSSR count). The number of aromatic nitrogens is 3. The first-order valence-electron chi connectivity index (χ1n) is 9.12. The Kier molecular flexibility index (Phi) is 6.38. The number of nitrogens with one attached hydrogen (secondary N) is 1. The fourth-order valence-electron chi connectivity index (χ4n) is 3.22. The third-order valence-electron chi connectivity index (χ3n) is 4.67. The van der Waals surface area contributed by atoms with Gasteiger partial charge in [-0.25, -0.2) is 9.97 Å². The maximum Gasteiger partial charge on any atom is 0.278 e. The van der Waals surface area contributed by atoms with E-state index in [4.69, 9.17) is 16.2 Å². The minimum atomic E-state index is -0.465. The number of likely N-dealkylation sites (N-methyl/N-ethyl adjacent to an activating group) is 1. The van der Waals surface area contributed by atoms with Gasteiger partial charge >= 0.3 is 0 Å². The number of rotatable bonds is 1. The molecule has 1 atom stereocenters. The summed E-state index contributed by atoms with van der Waals surface area (Å²) in [6.07, 6.45) is 4.46. The molecule has 0 aliphatic carbocycles. The van der Waals surface area contributed by atoms with Crippen LogP contribution in [0, 0.1) is 0 Å². The van der Waals surface area contributed by atoms with E-state index in [0.717, 1.165) is 5.69 Å². The summed E-state index contributed by atoms with van der Waals surface area (Å²) in [5.41, 5.74) is 14.4. The Bertz CT molecular complexity index is 1060. The van der Waals surface area contributed by atoms with Crippen LogP contribution in [0.15, 0.2) is 48.9 Å². The van der Waals surface area contributed by atoms with E-state index in [9.17, 15) is 4.79 Å². The topological polar surface area (TPSA) is 132 Å². The van der Waals surface area contributed by atoms with E-state index < -0.39 is 5.91 Å². The summed E-state index contributed by atoms with van der Waals surface area (Å²) in [5.74, 6) is 0.182. The minimum Gasteiger partial charge on any atom is -0.487 e. The second kappa shape index (κ2) is 8.97. The van der Waals surface area contributed by atoms with Gasteiger partial charge in [0, 0.05) is 25.4 Å². The molecular weight excluding hydrogens is 402 g/mol. The van der Waals surface area contributed by atoms with Crippen LogP contribution < -0.4 is 26.4 Å². The monoisotopic (exact) mass is 425 g/mol. The quantitative estimate of drug-likeness (QED) is 0.536. The number of amides is 1. The number of fused-ring (bicyclic) bond motifs is 5. The zero-order valence-electron chi connectivity index (χ0n) is 16.4. The molecule has 156 valence electrons. The molecule has 3 aromatic rings. The average molecular weight is 426 g/mol. The highest BCUT2D eigenvalue weighted by molar-refractivity contribution is 7.59. The van der Waals surface area contributed by atoms with Crippen molar-refractivity contribution in [3.8, 4) is 17.0 Å². The predicted octanol–water partition coefficient (Wildman–Crippen LogP) is 1.64. The number of carbonyl (C=O) groups is 1. The smallest absolute Gasteiger partial charge is 0.278 e. The predicted molar refractivity (Wildman–Crippen MR) is 121 cm³/mol. The Morgan fingerprint density at radius 3 is 2.87 bits per heavy atom. The molecule has 1 amide bonds. The van der Waals surface area contributed by atoms with Crippen molar-refractivity contribution in [2.75, 3.05) is 36.1 Å². The number of pyridine rings is 1. The summed E-state index contributed by atoms with van der Waals surface area (Å²) in [7, 11) is 1.90. The molecule has 30 heavy (non-hydrogen) atoms. The Hall–Kier alpha value is -3.37. The summed E-state index contributed by atoms with van der Waals surface area (Å²) in [6.45, 7) is 0.813. The second-order valence-corrected chi connectivity index (χ2v) is 6.69. The molecule has 3 heterocycles. The van der Waals surface area contributed by atoms with E-state index in [0.29, 0.717) is 35.8 Å². The average Bonchev–Trinajstić information content (AvgIpc) is 2.74. The minimum absolute atomic E-state index is 0. The van der Waals surface area contributed by atoms with Crippen LogP contribution in [0.25, 0.3) is 11.3 Å². The van der Waals surface area contributed by atoms with Gasteiger partial charge in [-0.05, 0) is 18.2 Å². The van der Waals surface area contributed by atoms with Crippen LogP contribution in [0.4, 0.5) is 17.2 Å². The van der Waals surface area contributed by atoms with E-state index >= 15 is 0 Å². The van der Waals surface area contributed by atoms with Gasteiger partial charge in [-0.3, -0.25) is 9.78 Å². The number of nitrogen functional groups attached to an aromatic ring is 1. The molecule has 0 unspecified atom stereocenters. The number of benzene rings is 1. The molecule has 10 heteroatoms. The van der Waals surface area contributed by atoms with Crippen molar-refractivity contribution in [1.82, 2.24) is 15.0 Å². The third kappa shape index (κ3) is 4.14. The Balaban J connectivity index is 0.00000256. The zero-order chi connectivity index (χ0) is 20.4. The van der Waals surface area contributed by atoms with Gasteiger partial charge in [0.2, 0.25) is 0 Å². The van der Waals surface area contributed by atoms with Crippen LogP contribution in [-0.2, 0) is 0 Å². The lowest BCUT2D eigenvalue weighted by atomic mass is 10.1. The normalized spacial score (nSPS) is 15.7. The molecule has 2 aromatic heterocycles. The summed E-state index contributed by atoms with van der Waals surface area (Å²) >= 11 is 0. The van der Waals surface area contributed by atoms with Crippen molar-refractivity contribution in [3.63, 3.8) is 0 Å². The van der Waals surface area contributed by atoms with Gasteiger partial charge in [0.05, 0.1) is 36.0 Å². The van der Waals surface area contributed by atoms with E-state index in [2.05, 4.69) is 20.3 Å². The lowest BCUT2D eigenvalue weighted by Gasteiger charge is -2.27. The van der Waals surface area contributed by atoms with Crippen LogP contribution in [0.1, 0.15) is 10.5 Å². The van der Waals surface area contributed by atoms with E-state index in [-0.39, 0.29) is 31.1 Å². The SMILES string of the molecule is CN1C[C@H](CN)Oc2ccccc2-c2cnc(N)c(n2)C(=O)Nc2cnccc21.S. The van der Waals surface area contributed by atoms with Gasteiger partial charge in [-0.1, -0.05) is 12.1 Å². The van der Waals surface area contributed by atoms with Crippen LogP contribution in [0.2, 0.25) is 0 Å². The molecule has 1 aliphatic heterocycles. The van der Waals surface area contributed by atoms with Crippen molar-refractivity contribution in [3.05, 3.63) is 54.6 Å². The number of carbonyl (C=O) groups excluding carboxylic acids is 1. The summed E-state index contributed by atoms with van der Waals surface area (Å²) < 4.78 is 6.21. The zero-order valence-corrected chi connectivity index (χ0v) is 17.4. The Labute approximate surface area is 180 Å². The lowest BCUT2D eigenvalue weighted by Crippen LogP contribution is -2.38. The van der Waals surface area contributed by atoms with E-state index in [1.165, 1.54) is 6.20 Å². The molecule has 0 fully saturated rings. The van der Waals surface area contributed by atoms with Gasteiger partial charge in [0.15, 0.2) is 11.5 Å². The van der Waals surface area contributed by atoms with Crippen LogP contribution >= 0.6 is 13.5 Å². The second-order valence-electron chi connectivity index (χ2n) is 6.69. The lowest BCUT2D eigenvalue weighted by molar-refractivity contribution is 0.102. The van der Waals surface area contributed by atoms with Crippen molar-refractivity contribution in [2.45, 2.75) is 6.10 Å². The number of nitrogens with zero attached hydrogens (tertiary/aromatic N) is 4. The highest BCUT2D eigenvalue weighted by Gasteiger charge is 2.22. The fraction of sp³-hybridized carbons (Fsp3) is 0.200. The standard InChI is InChI=1S/C20H21N7O2.H2S/c1-27-11-12(8-21)29-17-5-3-2-4-13(17)14-10-24-19(22)18(25-14)20(28)26-15-9-23-7-6-16(15)27;/h2-7,9-10,12H,8,11,21H2,1H3,(H2,22,24)(H,26,28);1H2/t12-;/m0./s1. The van der Waals surface area contributed by atoms with Crippen molar-refractivity contribution >= 4 is 36.6 Å². The number of hydrogen-bond acceptors (Lipinski definition) is 8. The molecule has 1 aromatic carbocycles. The van der Waals surface area contributed by atoms with Gasteiger partial charge in [0.1, 0.15) is 11.9 Å². The molecule has 0 saturated carbocycles. The third-order valence-corrected chi connectivity index (χ3v) is 4.67. The van der Waals surface area contributed by atoms with Gasteiger partial charge in [-0.15, -0.1) is 0 Å². The maximum atomic E-state index is 12.9. The highest BCUT2D eigenvalue weighted by atomic mass is 32.1. The van der Waals surface area contributed by atoms with Crippen LogP contribution in [0.5, 0.6) is 5.75 Å². The fourth-order valence-corrected chi connectivity index (χ4v) is 3.22. The van der Waals surface area contributed by atoms with Crippen LogP contribution in [-0.4, -0.2) is 47.1 Å². The Morgan fingerprint density at radius 1 is 1.27 bits per heavy atom. The van der Waals surface area contributed by atoms with E-state index in [1.54, 1.807) is 12.4 Å². The first-order valence-corrected chi connectivity index (χ1v) is 9.12. The molecule has 1 aliphatic rings. The maximum absolute atomic E-state index is 12.9. The first-order chi connectivity index (χ1) is 14.1. The van der Waals surface area contributed by atoms with Crippen molar-refractivity contribution < 1.29 is 9.53 Å². The summed E-state index contributed by atoms with van der Waals surface area (Å²) in [5, 5.41) is 2.84. The molecular formula is C20H23N7O2S. The first kappa shape index (κ1) is 21.3. The number of hydrogen-bond donors (Lipinski definition) is 3. The largest absolute Gasteiger partial charge is 0.487 e. The number of nitrogens with two attached hydrogens (primary N) is 2. The number of para-hydroxylation sites is 1. The molecule has 0 saturated heterocycles. The van der Waals surface area contributed by atoms with Crippen molar-refractivity contribution in [1.29, 1.82) is 0 Å². The van der Waals surface area contributed by atoms with E-state index in [1.807, 2.05) is 42.3 Å². The molecule has 0 radical (unpaired) electrons. The molecule has 0 spiro atoms. The highest BCUT2D eigenvalue weighted by Crippen LogP contribution is 2.31. The van der Waals surface area contributed by atoms with Crippen LogP contribution in [0.3, 0.4) is 0 Å². The van der Waals surface area contributed by atoms with Gasteiger partial charge < -0.3 is 26.4 Å². The van der Waals surface area contributed by atoms with Gasteiger partial charge in [0.25, 0.3) is 5.91 Å². The number of ether oxygens (including phenoxy) is 1.